The highest BCUT2D eigenvalue weighted by Crippen LogP contribution is 2.31. The number of fused-ring (bicyclic) bond motifs is 2. The molecule has 1 N–H and O–H groups in total. The molecule has 0 amide bonds. The fraction of sp³-hybridized carbons (Fsp3) is 0.147. The van der Waals surface area contributed by atoms with E-state index in [1.165, 1.54) is 12.1 Å². The van der Waals surface area contributed by atoms with Gasteiger partial charge < -0.3 is 14.8 Å². The maximum absolute atomic E-state index is 13.2. The predicted octanol–water partition coefficient (Wildman–Crippen LogP) is 7.00. The van der Waals surface area contributed by atoms with Crippen molar-refractivity contribution in [2.45, 2.75) is 26.3 Å². The van der Waals surface area contributed by atoms with Gasteiger partial charge in [0, 0.05) is 11.1 Å². The Kier molecular flexibility index (Phi) is 7.45. The molecule has 0 unspecified atom stereocenters. The standard InChI is InChI=1S/C34H29NO5/c1-34(2,3)35-21-29(36)26-16-17-30(39-32(37)27-14-12-22-8-4-6-10-24(22)18-27)31(20-26)40-33(38)28-15-13-23-9-5-7-11-25(23)19-28/h4-20,35H,21H2,1-3H3. The van der Waals surface area contributed by atoms with Gasteiger partial charge in [-0.15, -0.1) is 0 Å². The lowest BCUT2D eigenvalue weighted by Crippen LogP contribution is -2.39. The van der Waals surface area contributed by atoms with Crippen LogP contribution in [0.2, 0.25) is 0 Å². The summed E-state index contributed by atoms with van der Waals surface area (Å²) in [4.78, 5) is 39.2. The Morgan fingerprint density at radius 3 is 1.57 bits per heavy atom. The number of esters is 2. The summed E-state index contributed by atoms with van der Waals surface area (Å²) in [6.07, 6.45) is 0. The monoisotopic (exact) mass is 531 g/mol. The van der Waals surface area contributed by atoms with Crippen molar-refractivity contribution < 1.29 is 23.9 Å². The molecule has 5 aromatic carbocycles. The molecule has 0 heterocycles. The summed E-state index contributed by atoms with van der Waals surface area (Å²) in [5.41, 5.74) is 0.747. The molecule has 0 bridgehead atoms. The van der Waals surface area contributed by atoms with Gasteiger partial charge in [-0.2, -0.15) is 0 Å². The van der Waals surface area contributed by atoms with Gasteiger partial charge in [0.05, 0.1) is 17.7 Å². The average molecular weight is 532 g/mol. The van der Waals surface area contributed by atoms with Crippen LogP contribution in [0.1, 0.15) is 51.8 Å². The summed E-state index contributed by atoms with van der Waals surface area (Å²) in [6.45, 7) is 5.99. The van der Waals surface area contributed by atoms with Gasteiger partial charge in [-0.3, -0.25) is 4.79 Å². The van der Waals surface area contributed by atoms with Crippen molar-refractivity contribution in [3.05, 3.63) is 120 Å². The largest absolute Gasteiger partial charge is 0.419 e. The van der Waals surface area contributed by atoms with Gasteiger partial charge in [0.1, 0.15) is 0 Å². The first-order valence-electron chi connectivity index (χ1n) is 13.0. The molecule has 0 aliphatic rings. The number of nitrogens with one attached hydrogen (secondary N) is 1. The van der Waals surface area contributed by atoms with E-state index in [0.717, 1.165) is 21.5 Å². The molecule has 6 heteroatoms. The third kappa shape index (κ3) is 6.25. The Hall–Kier alpha value is -4.81. The summed E-state index contributed by atoms with van der Waals surface area (Å²) in [5, 5.41) is 6.93. The summed E-state index contributed by atoms with van der Waals surface area (Å²) >= 11 is 0. The second kappa shape index (κ2) is 11.1. The molecular formula is C34H29NO5. The van der Waals surface area contributed by atoms with Crippen LogP contribution in [0.5, 0.6) is 11.5 Å². The normalized spacial score (nSPS) is 11.4. The number of ketones is 1. The smallest absolute Gasteiger partial charge is 0.343 e. The lowest BCUT2D eigenvalue weighted by Gasteiger charge is -2.20. The molecule has 0 aliphatic heterocycles. The number of rotatable bonds is 7. The molecule has 0 fully saturated rings. The summed E-state index contributed by atoms with van der Waals surface area (Å²) in [7, 11) is 0. The van der Waals surface area contributed by atoms with Gasteiger partial charge in [-0.25, -0.2) is 9.59 Å². The SMILES string of the molecule is CC(C)(C)NCC(=O)c1ccc(OC(=O)c2ccc3ccccc3c2)c(OC(=O)c2ccc3ccccc3c2)c1. The minimum atomic E-state index is -0.633. The zero-order valence-corrected chi connectivity index (χ0v) is 22.6. The number of benzene rings is 5. The predicted molar refractivity (Wildman–Crippen MR) is 156 cm³/mol. The van der Waals surface area contributed by atoms with Gasteiger partial charge in [-0.1, -0.05) is 60.7 Å². The molecule has 0 aliphatic carbocycles. The van der Waals surface area contributed by atoms with Crippen LogP contribution in [0.3, 0.4) is 0 Å². The van der Waals surface area contributed by atoms with Crippen molar-refractivity contribution >= 4 is 39.3 Å². The number of ether oxygens (including phenoxy) is 2. The van der Waals surface area contributed by atoms with Gasteiger partial charge in [-0.05, 0) is 84.8 Å². The Morgan fingerprint density at radius 1 is 0.575 bits per heavy atom. The van der Waals surface area contributed by atoms with E-state index in [1.807, 2.05) is 81.4 Å². The molecule has 40 heavy (non-hydrogen) atoms. The third-order valence-corrected chi connectivity index (χ3v) is 6.42. The third-order valence-electron chi connectivity index (χ3n) is 6.42. The Balaban J connectivity index is 1.45. The second-order valence-electron chi connectivity index (χ2n) is 10.6. The van der Waals surface area contributed by atoms with E-state index >= 15 is 0 Å². The molecule has 5 rings (SSSR count). The Morgan fingerprint density at radius 2 is 1.05 bits per heavy atom. The lowest BCUT2D eigenvalue weighted by atomic mass is 10.1. The zero-order valence-electron chi connectivity index (χ0n) is 22.6. The van der Waals surface area contributed by atoms with Crippen molar-refractivity contribution in [1.29, 1.82) is 0 Å². The van der Waals surface area contributed by atoms with Crippen LogP contribution in [0, 0.1) is 0 Å². The van der Waals surface area contributed by atoms with Crippen molar-refractivity contribution in [2.75, 3.05) is 6.54 Å². The van der Waals surface area contributed by atoms with E-state index in [1.54, 1.807) is 30.3 Å². The van der Waals surface area contributed by atoms with Crippen molar-refractivity contribution in [3.8, 4) is 11.5 Å². The molecule has 0 spiro atoms. The molecule has 5 aromatic rings. The van der Waals surface area contributed by atoms with Crippen LogP contribution in [0.4, 0.5) is 0 Å². The van der Waals surface area contributed by atoms with Gasteiger partial charge in [0.25, 0.3) is 0 Å². The fourth-order valence-electron chi connectivity index (χ4n) is 4.24. The van der Waals surface area contributed by atoms with Gasteiger partial charge in [0.15, 0.2) is 17.3 Å². The van der Waals surface area contributed by atoms with E-state index in [2.05, 4.69) is 5.32 Å². The number of carbonyl (C=O) groups is 3. The quantitative estimate of drug-likeness (QED) is 0.138. The molecule has 0 aromatic heterocycles. The minimum Gasteiger partial charge on any atom is -0.419 e. The van der Waals surface area contributed by atoms with Crippen LogP contribution in [0.25, 0.3) is 21.5 Å². The van der Waals surface area contributed by atoms with E-state index in [4.69, 9.17) is 9.47 Å². The lowest BCUT2D eigenvalue weighted by molar-refractivity contribution is 0.0682. The first-order valence-corrected chi connectivity index (χ1v) is 13.0. The summed E-state index contributed by atoms with van der Waals surface area (Å²) in [6, 6.07) is 30.4. The van der Waals surface area contributed by atoms with Crippen LogP contribution >= 0.6 is 0 Å². The summed E-state index contributed by atoms with van der Waals surface area (Å²) in [5.74, 6) is -1.42. The van der Waals surface area contributed by atoms with Crippen molar-refractivity contribution in [2.24, 2.45) is 0 Å². The molecular weight excluding hydrogens is 502 g/mol. The topological polar surface area (TPSA) is 81.7 Å². The maximum atomic E-state index is 13.2. The number of Topliss-reactive ketones (excluding diaryl/α,β-unsaturated/α-hetero) is 1. The van der Waals surface area contributed by atoms with Gasteiger partial charge >= 0.3 is 11.9 Å². The van der Waals surface area contributed by atoms with Crippen molar-refractivity contribution in [3.63, 3.8) is 0 Å². The first-order chi connectivity index (χ1) is 19.2. The van der Waals surface area contributed by atoms with Crippen LogP contribution in [-0.4, -0.2) is 29.8 Å². The van der Waals surface area contributed by atoms with Crippen molar-refractivity contribution in [1.82, 2.24) is 5.32 Å². The highest BCUT2D eigenvalue weighted by molar-refractivity contribution is 6.00. The number of hydrogen-bond donors (Lipinski definition) is 1. The van der Waals surface area contributed by atoms with Crippen LogP contribution in [0.15, 0.2) is 103 Å². The van der Waals surface area contributed by atoms with E-state index in [-0.39, 0.29) is 29.4 Å². The number of hydrogen-bond acceptors (Lipinski definition) is 6. The molecule has 0 radical (unpaired) electrons. The summed E-state index contributed by atoms with van der Waals surface area (Å²) < 4.78 is 11.4. The van der Waals surface area contributed by atoms with E-state index in [0.29, 0.717) is 16.7 Å². The second-order valence-corrected chi connectivity index (χ2v) is 10.6. The molecule has 200 valence electrons. The van der Waals surface area contributed by atoms with E-state index in [9.17, 15) is 14.4 Å². The highest BCUT2D eigenvalue weighted by Gasteiger charge is 2.20. The fourth-order valence-corrected chi connectivity index (χ4v) is 4.24. The highest BCUT2D eigenvalue weighted by atomic mass is 16.6. The van der Waals surface area contributed by atoms with Gasteiger partial charge in [0.2, 0.25) is 0 Å². The molecule has 6 nitrogen and oxygen atoms in total. The maximum Gasteiger partial charge on any atom is 0.343 e. The average Bonchev–Trinajstić information content (AvgIpc) is 2.95. The Labute approximate surface area is 232 Å². The zero-order chi connectivity index (χ0) is 28.3. The molecule has 0 saturated heterocycles. The molecule has 0 saturated carbocycles. The first kappa shape index (κ1) is 26.8. The Bertz CT molecular complexity index is 1750. The number of carbonyl (C=O) groups excluding carboxylic acids is 3. The van der Waals surface area contributed by atoms with E-state index < -0.39 is 11.9 Å². The van der Waals surface area contributed by atoms with Crippen LogP contribution < -0.4 is 14.8 Å². The minimum absolute atomic E-state index is 0.0195. The molecule has 0 atom stereocenters. The van der Waals surface area contributed by atoms with Crippen LogP contribution in [-0.2, 0) is 0 Å².